The van der Waals surface area contributed by atoms with Gasteiger partial charge in [0.05, 0.1) is 5.69 Å². The lowest BCUT2D eigenvalue weighted by atomic mass is 10.2. The van der Waals surface area contributed by atoms with Crippen molar-refractivity contribution < 1.29 is 0 Å². The quantitative estimate of drug-likeness (QED) is 0.609. The third kappa shape index (κ3) is 3.95. The molecule has 0 aliphatic rings. The summed E-state index contributed by atoms with van der Waals surface area (Å²) in [5.74, 6) is 0. The van der Waals surface area contributed by atoms with Crippen LogP contribution in [0.1, 0.15) is 26.3 Å². The number of nitrogens with two attached hydrogens (primary N) is 1. The van der Waals surface area contributed by atoms with Crippen molar-refractivity contribution in [3.8, 4) is 0 Å². The van der Waals surface area contributed by atoms with Gasteiger partial charge in [-0.05, 0) is 37.6 Å². The molecule has 3 heteroatoms. The highest BCUT2D eigenvalue weighted by Crippen LogP contribution is 2.19. The Balaban J connectivity index is 0.00000106. The van der Waals surface area contributed by atoms with Gasteiger partial charge in [0.25, 0.3) is 0 Å². The molecule has 0 aromatic heterocycles. The third-order valence-corrected chi connectivity index (χ3v) is 2.07. The van der Waals surface area contributed by atoms with Crippen molar-refractivity contribution in [2.75, 3.05) is 17.8 Å². The summed E-state index contributed by atoms with van der Waals surface area (Å²) in [4.78, 5) is 0. The van der Waals surface area contributed by atoms with Crippen LogP contribution in [0.3, 0.4) is 0 Å². The molecule has 0 amide bonds. The molecule has 0 bridgehead atoms. The Kier molecular flexibility index (Phi) is 7.05. The average Bonchev–Trinajstić information content (AvgIpc) is 2.32. The number of hydrogen-bond donors (Lipinski definition) is 2. The Morgan fingerprint density at radius 1 is 1.31 bits per heavy atom. The average molecular weight is 221 g/mol. The van der Waals surface area contributed by atoms with Crippen molar-refractivity contribution in [1.29, 1.82) is 0 Å². The highest BCUT2D eigenvalue weighted by atomic mass is 15.5. The predicted molar refractivity (Wildman–Crippen MR) is 73.3 cm³/mol. The van der Waals surface area contributed by atoms with Gasteiger partial charge in [-0.15, -0.1) is 0 Å². The third-order valence-electron chi connectivity index (χ3n) is 2.07. The summed E-state index contributed by atoms with van der Waals surface area (Å²) in [6.45, 7) is 7.98. The van der Waals surface area contributed by atoms with E-state index in [-0.39, 0.29) is 0 Å². The van der Waals surface area contributed by atoms with Crippen molar-refractivity contribution >= 4 is 11.4 Å². The zero-order valence-electron chi connectivity index (χ0n) is 10.9. The van der Waals surface area contributed by atoms with E-state index in [2.05, 4.69) is 5.43 Å². The fraction of sp³-hybridized carbons (Fsp3) is 0.385. The number of benzene rings is 1. The van der Waals surface area contributed by atoms with E-state index in [4.69, 9.17) is 5.73 Å². The van der Waals surface area contributed by atoms with Gasteiger partial charge in [0.1, 0.15) is 0 Å². The van der Waals surface area contributed by atoms with Gasteiger partial charge in [0.2, 0.25) is 0 Å². The van der Waals surface area contributed by atoms with Crippen molar-refractivity contribution in [2.45, 2.75) is 27.7 Å². The van der Waals surface area contributed by atoms with E-state index in [1.54, 1.807) is 0 Å². The smallest absolute Gasteiger partial charge is 0.0574 e. The summed E-state index contributed by atoms with van der Waals surface area (Å²) < 4.78 is 0. The molecule has 0 unspecified atom stereocenters. The van der Waals surface area contributed by atoms with E-state index in [0.29, 0.717) is 0 Å². The minimum atomic E-state index is 0.824. The molecule has 1 aromatic carbocycles. The largest absolute Gasteiger partial charge is 0.399 e. The molecule has 0 radical (unpaired) electrons. The maximum Gasteiger partial charge on any atom is 0.0574 e. The molecule has 0 fully saturated rings. The Bertz CT molecular complexity index is 332. The van der Waals surface area contributed by atoms with Gasteiger partial charge in [-0.1, -0.05) is 19.9 Å². The number of nitrogens with zero attached hydrogens (tertiary/aromatic N) is 1. The van der Waals surface area contributed by atoms with Gasteiger partial charge in [-0.3, -0.25) is 5.01 Å². The second-order valence-corrected chi connectivity index (χ2v) is 3.12. The molecule has 3 nitrogen and oxygen atoms in total. The minimum absolute atomic E-state index is 0.824. The number of hydrazine groups is 1. The molecular weight excluding hydrogens is 198 g/mol. The maximum absolute atomic E-state index is 5.75. The van der Waals surface area contributed by atoms with Crippen molar-refractivity contribution in [3.05, 3.63) is 36.0 Å². The number of nitrogen functional groups attached to an aromatic ring is 1. The fourth-order valence-electron chi connectivity index (χ4n) is 1.25. The number of nitrogens with one attached hydrogen (secondary N) is 1. The molecule has 0 saturated carbocycles. The second-order valence-electron chi connectivity index (χ2n) is 3.12. The highest BCUT2D eigenvalue weighted by Gasteiger charge is 2.01. The molecule has 1 aromatic rings. The molecular formula is C13H23N3. The van der Waals surface area contributed by atoms with E-state index in [0.717, 1.165) is 16.9 Å². The molecule has 0 aliphatic heterocycles. The van der Waals surface area contributed by atoms with E-state index in [1.807, 2.05) is 70.2 Å². The number of aryl methyl sites for hydroxylation is 1. The monoisotopic (exact) mass is 221 g/mol. The van der Waals surface area contributed by atoms with Crippen LogP contribution < -0.4 is 16.2 Å². The number of anilines is 2. The maximum atomic E-state index is 5.75. The Morgan fingerprint density at radius 3 is 2.38 bits per heavy atom. The van der Waals surface area contributed by atoms with Gasteiger partial charge >= 0.3 is 0 Å². The molecule has 1 rings (SSSR count). The second kappa shape index (κ2) is 7.77. The minimum Gasteiger partial charge on any atom is -0.399 e. The first-order valence-electron chi connectivity index (χ1n) is 5.64. The van der Waals surface area contributed by atoms with E-state index < -0.39 is 0 Å². The summed E-state index contributed by atoms with van der Waals surface area (Å²) >= 11 is 0. The molecule has 0 heterocycles. The van der Waals surface area contributed by atoms with Crippen LogP contribution in [-0.2, 0) is 0 Å². The van der Waals surface area contributed by atoms with Gasteiger partial charge in [-0.25, -0.2) is 5.43 Å². The Morgan fingerprint density at radius 2 is 1.94 bits per heavy atom. The molecule has 0 saturated heterocycles. The van der Waals surface area contributed by atoms with Crippen LogP contribution in [0.15, 0.2) is 30.5 Å². The topological polar surface area (TPSA) is 41.3 Å². The SMILES string of the molecule is C/C=C\N(NC)c1ccc(N)c(C)c1.CC. The standard InChI is InChI=1S/C11H17N3.C2H6/c1-4-7-14(13-3)10-5-6-11(12)9(2)8-10;1-2/h4-8,13H,12H2,1-3H3;1-2H3/b7-4-;. The predicted octanol–water partition coefficient (Wildman–Crippen LogP) is 3.08. The van der Waals surface area contributed by atoms with Crippen LogP contribution in [-0.4, -0.2) is 7.05 Å². The van der Waals surface area contributed by atoms with Gasteiger partial charge < -0.3 is 5.73 Å². The lowest BCUT2D eigenvalue weighted by Gasteiger charge is -2.19. The molecule has 16 heavy (non-hydrogen) atoms. The van der Waals surface area contributed by atoms with Crippen LogP contribution in [0.25, 0.3) is 0 Å². The van der Waals surface area contributed by atoms with Crippen LogP contribution >= 0.6 is 0 Å². The summed E-state index contributed by atoms with van der Waals surface area (Å²) in [6.07, 6.45) is 3.94. The molecule has 0 spiro atoms. The first-order valence-corrected chi connectivity index (χ1v) is 5.64. The van der Waals surface area contributed by atoms with Crippen LogP contribution in [0.5, 0.6) is 0 Å². The van der Waals surface area contributed by atoms with Crippen LogP contribution in [0, 0.1) is 6.92 Å². The van der Waals surface area contributed by atoms with Gasteiger partial charge in [0.15, 0.2) is 0 Å². The summed E-state index contributed by atoms with van der Waals surface area (Å²) in [6, 6.07) is 5.95. The van der Waals surface area contributed by atoms with E-state index in [1.165, 1.54) is 0 Å². The fourth-order valence-corrected chi connectivity index (χ4v) is 1.25. The molecule has 3 N–H and O–H groups in total. The van der Waals surface area contributed by atoms with E-state index >= 15 is 0 Å². The van der Waals surface area contributed by atoms with Crippen LogP contribution in [0.4, 0.5) is 11.4 Å². The first kappa shape index (κ1) is 14.5. The highest BCUT2D eigenvalue weighted by molar-refractivity contribution is 5.58. The number of allylic oxidation sites excluding steroid dienone is 1. The lowest BCUT2D eigenvalue weighted by Crippen LogP contribution is -2.29. The number of hydrogen-bond acceptors (Lipinski definition) is 3. The zero-order chi connectivity index (χ0) is 12.6. The van der Waals surface area contributed by atoms with Crippen LogP contribution in [0.2, 0.25) is 0 Å². The Hall–Kier alpha value is -1.48. The lowest BCUT2D eigenvalue weighted by molar-refractivity contribution is 0.825. The van der Waals surface area contributed by atoms with E-state index in [9.17, 15) is 0 Å². The number of rotatable bonds is 3. The summed E-state index contributed by atoms with van der Waals surface area (Å²) in [5, 5.41) is 1.94. The summed E-state index contributed by atoms with van der Waals surface area (Å²) in [7, 11) is 1.88. The normalized spacial score (nSPS) is 9.81. The van der Waals surface area contributed by atoms with Crippen molar-refractivity contribution in [1.82, 2.24) is 5.43 Å². The van der Waals surface area contributed by atoms with Gasteiger partial charge in [0, 0.05) is 18.9 Å². The summed E-state index contributed by atoms with van der Waals surface area (Å²) in [5.41, 5.74) is 11.8. The van der Waals surface area contributed by atoms with Crippen molar-refractivity contribution in [3.63, 3.8) is 0 Å². The van der Waals surface area contributed by atoms with Crippen molar-refractivity contribution in [2.24, 2.45) is 0 Å². The Labute approximate surface area is 98.9 Å². The van der Waals surface area contributed by atoms with Gasteiger partial charge in [-0.2, -0.15) is 0 Å². The first-order chi connectivity index (χ1) is 7.69. The zero-order valence-corrected chi connectivity index (χ0v) is 10.9. The molecule has 0 aliphatic carbocycles. The molecule has 90 valence electrons. The molecule has 0 atom stereocenters.